The van der Waals surface area contributed by atoms with Crippen molar-refractivity contribution in [2.75, 3.05) is 7.11 Å². The van der Waals surface area contributed by atoms with Gasteiger partial charge in [-0.15, -0.1) is 0 Å². The highest BCUT2D eigenvalue weighted by atomic mass is 16.5. The fraction of sp³-hybridized carbons (Fsp3) is 0.636. The summed E-state index contributed by atoms with van der Waals surface area (Å²) in [6, 6.07) is 0. The Kier molecular flexibility index (Phi) is 11.7. The Labute approximate surface area is 153 Å². The second kappa shape index (κ2) is 13.6. The topological polar surface area (TPSA) is 43.4 Å². The van der Waals surface area contributed by atoms with Crippen LogP contribution < -0.4 is 0 Å². The average molecular weight is 347 g/mol. The minimum absolute atomic E-state index is 0.0801. The van der Waals surface area contributed by atoms with Crippen molar-refractivity contribution < 1.29 is 14.3 Å². The molecule has 0 aromatic carbocycles. The van der Waals surface area contributed by atoms with Crippen LogP contribution in [-0.2, 0) is 14.3 Å². The van der Waals surface area contributed by atoms with E-state index in [4.69, 9.17) is 4.74 Å². The summed E-state index contributed by atoms with van der Waals surface area (Å²) in [5, 5.41) is 0. The maximum Gasteiger partial charge on any atom is 0.220 e. The van der Waals surface area contributed by atoms with E-state index >= 15 is 0 Å². The summed E-state index contributed by atoms with van der Waals surface area (Å²) in [7, 11) is 1.46. The number of ketones is 2. The van der Waals surface area contributed by atoms with Gasteiger partial charge in [0.1, 0.15) is 0 Å². The number of hydrogen-bond acceptors (Lipinski definition) is 3. The molecule has 140 valence electrons. The van der Waals surface area contributed by atoms with Gasteiger partial charge in [0.15, 0.2) is 11.5 Å². The lowest BCUT2D eigenvalue weighted by Crippen LogP contribution is -2.15. The molecular weight excluding hydrogens is 312 g/mol. The standard InChI is InChI=1S/C22H34O3/c1-3-4-5-6-7-8-9-10-11-12-13-14-15-16-19-20(23)17-18-21(24)22(19)25-2/h6-7,17-18H,3-5,8-16H2,1-2H3. The van der Waals surface area contributed by atoms with Crippen LogP contribution in [0.5, 0.6) is 0 Å². The van der Waals surface area contributed by atoms with Crippen LogP contribution in [0.2, 0.25) is 0 Å². The van der Waals surface area contributed by atoms with Crippen LogP contribution in [0, 0.1) is 0 Å². The third-order valence-electron chi connectivity index (χ3n) is 4.57. The molecule has 0 heterocycles. The summed E-state index contributed by atoms with van der Waals surface area (Å²) in [5.74, 6) is -0.0382. The Morgan fingerprint density at radius 2 is 1.36 bits per heavy atom. The molecule has 0 atom stereocenters. The highest BCUT2D eigenvalue weighted by Crippen LogP contribution is 2.21. The van der Waals surface area contributed by atoms with Crippen molar-refractivity contribution in [1.29, 1.82) is 0 Å². The second-order valence-electron chi connectivity index (χ2n) is 6.70. The van der Waals surface area contributed by atoms with E-state index in [9.17, 15) is 9.59 Å². The van der Waals surface area contributed by atoms with Crippen LogP contribution in [0.1, 0.15) is 84.0 Å². The maximum atomic E-state index is 11.9. The fourth-order valence-electron chi connectivity index (χ4n) is 3.05. The minimum Gasteiger partial charge on any atom is -0.492 e. The van der Waals surface area contributed by atoms with Crippen molar-refractivity contribution in [2.45, 2.75) is 84.0 Å². The molecule has 1 aliphatic rings. The van der Waals surface area contributed by atoms with Crippen molar-refractivity contribution in [3.63, 3.8) is 0 Å². The summed E-state index contributed by atoms with van der Waals surface area (Å²) in [6.07, 6.45) is 21.3. The van der Waals surface area contributed by atoms with Gasteiger partial charge in [-0.3, -0.25) is 9.59 Å². The van der Waals surface area contributed by atoms with Gasteiger partial charge in [-0.2, -0.15) is 0 Å². The molecule has 0 aliphatic heterocycles. The average Bonchev–Trinajstić information content (AvgIpc) is 2.61. The van der Waals surface area contributed by atoms with Crippen LogP contribution in [0.3, 0.4) is 0 Å². The van der Waals surface area contributed by atoms with E-state index in [1.165, 1.54) is 77.0 Å². The highest BCUT2D eigenvalue weighted by Gasteiger charge is 2.22. The SMILES string of the molecule is CCCCC=CCCCCCCCCCC1=C(OC)C(=O)C=CC1=O. The predicted octanol–water partition coefficient (Wildman–Crippen LogP) is 5.85. The quantitative estimate of drug-likeness (QED) is 0.225. The number of unbranched alkanes of at least 4 members (excludes halogenated alkanes) is 9. The van der Waals surface area contributed by atoms with Gasteiger partial charge in [0, 0.05) is 5.57 Å². The lowest BCUT2D eigenvalue weighted by molar-refractivity contribution is -0.117. The molecule has 0 aromatic rings. The molecule has 0 amide bonds. The van der Waals surface area contributed by atoms with Gasteiger partial charge >= 0.3 is 0 Å². The first-order valence-electron chi connectivity index (χ1n) is 9.89. The smallest absolute Gasteiger partial charge is 0.220 e. The molecule has 0 aromatic heterocycles. The summed E-state index contributed by atoms with van der Waals surface area (Å²) in [4.78, 5) is 23.6. The first-order valence-corrected chi connectivity index (χ1v) is 9.89. The van der Waals surface area contributed by atoms with Crippen LogP contribution >= 0.6 is 0 Å². The monoisotopic (exact) mass is 346 g/mol. The molecule has 3 heteroatoms. The number of carbonyl (C=O) groups is 2. The molecule has 1 rings (SSSR count). The van der Waals surface area contributed by atoms with E-state index in [1.807, 2.05) is 0 Å². The van der Waals surface area contributed by atoms with Gasteiger partial charge in [-0.25, -0.2) is 0 Å². The van der Waals surface area contributed by atoms with Gasteiger partial charge in [-0.1, -0.05) is 64.0 Å². The van der Waals surface area contributed by atoms with E-state index in [2.05, 4.69) is 19.1 Å². The van der Waals surface area contributed by atoms with Crippen molar-refractivity contribution in [3.05, 3.63) is 35.6 Å². The molecule has 0 fully saturated rings. The normalized spacial score (nSPS) is 14.8. The zero-order chi connectivity index (χ0) is 18.3. The third kappa shape index (κ3) is 8.85. The van der Waals surface area contributed by atoms with Gasteiger partial charge in [-0.05, 0) is 44.3 Å². The van der Waals surface area contributed by atoms with Crippen LogP contribution in [-0.4, -0.2) is 18.7 Å². The van der Waals surface area contributed by atoms with E-state index in [0.29, 0.717) is 12.0 Å². The molecule has 0 spiro atoms. The first-order chi connectivity index (χ1) is 12.2. The number of hydrogen-bond donors (Lipinski definition) is 0. The largest absolute Gasteiger partial charge is 0.492 e. The highest BCUT2D eigenvalue weighted by molar-refractivity contribution is 6.19. The van der Waals surface area contributed by atoms with Crippen molar-refractivity contribution in [3.8, 4) is 0 Å². The first kappa shape index (κ1) is 21.4. The summed E-state index contributed by atoms with van der Waals surface area (Å²) in [6.45, 7) is 2.23. The lowest BCUT2D eigenvalue weighted by Gasteiger charge is -2.13. The Balaban J connectivity index is 2.04. The van der Waals surface area contributed by atoms with Crippen molar-refractivity contribution in [1.82, 2.24) is 0 Å². The Morgan fingerprint density at radius 3 is 2.00 bits per heavy atom. The van der Waals surface area contributed by atoms with Gasteiger partial charge in [0.25, 0.3) is 0 Å². The van der Waals surface area contributed by atoms with Crippen molar-refractivity contribution >= 4 is 11.6 Å². The molecule has 0 saturated heterocycles. The fourth-order valence-corrected chi connectivity index (χ4v) is 3.05. The van der Waals surface area contributed by atoms with E-state index in [0.717, 1.165) is 12.8 Å². The van der Waals surface area contributed by atoms with Gasteiger partial charge in [0.2, 0.25) is 5.78 Å². The van der Waals surface area contributed by atoms with E-state index in [-0.39, 0.29) is 17.3 Å². The van der Waals surface area contributed by atoms with Crippen molar-refractivity contribution in [2.24, 2.45) is 0 Å². The zero-order valence-corrected chi connectivity index (χ0v) is 16.0. The van der Waals surface area contributed by atoms with E-state index in [1.54, 1.807) is 0 Å². The molecule has 25 heavy (non-hydrogen) atoms. The second-order valence-corrected chi connectivity index (χ2v) is 6.70. The summed E-state index contributed by atoms with van der Waals surface area (Å²) in [5.41, 5.74) is 0.546. The third-order valence-corrected chi connectivity index (χ3v) is 4.57. The number of allylic oxidation sites excluding steroid dienone is 5. The maximum absolute atomic E-state index is 11.9. The lowest BCUT2D eigenvalue weighted by atomic mass is 9.96. The molecule has 0 N–H and O–H groups in total. The Hall–Kier alpha value is -1.64. The molecule has 0 saturated carbocycles. The van der Waals surface area contributed by atoms with E-state index < -0.39 is 0 Å². The van der Waals surface area contributed by atoms with Crippen LogP contribution in [0.15, 0.2) is 35.6 Å². The molecule has 3 nitrogen and oxygen atoms in total. The Bertz CT molecular complexity index is 497. The summed E-state index contributed by atoms with van der Waals surface area (Å²) < 4.78 is 5.10. The van der Waals surface area contributed by atoms with Gasteiger partial charge in [0.05, 0.1) is 7.11 Å². The zero-order valence-electron chi connectivity index (χ0n) is 16.0. The van der Waals surface area contributed by atoms with Gasteiger partial charge < -0.3 is 4.74 Å². The van der Waals surface area contributed by atoms with Crippen LogP contribution in [0.4, 0.5) is 0 Å². The number of carbonyl (C=O) groups excluding carboxylic acids is 2. The molecule has 0 radical (unpaired) electrons. The van der Waals surface area contributed by atoms with Crippen LogP contribution in [0.25, 0.3) is 0 Å². The summed E-state index contributed by atoms with van der Waals surface area (Å²) >= 11 is 0. The number of ether oxygens (including phenoxy) is 1. The molecule has 1 aliphatic carbocycles. The minimum atomic E-state index is -0.194. The molecule has 0 unspecified atom stereocenters. The predicted molar refractivity (Wildman–Crippen MR) is 103 cm³/mol. The Morgan fingerprint density at radius 1 is 0.800 bits per heavy atom. The molecular formula is C22H34O3. The number of methoxy groups -OCH3 is 1. The molecule has 0 bridgehead atoms. The number of rotatable bonds is 14.